The van der Waals surface area contributed by atoms with E-state index in [-0.39, 0.29) is 12.0 Å². The molecule has 1 unspecified atom stereocenters. The van der Waals surface area contributed by atoms with Gasteiger partial charge in [0.2, 0.25) is 0 Å². The number of carbonyl (C=O) groups excluding carboxylic acids is 1. The highest BCUT2D eigenvalue weighted by atomic mass is 16.5. The van der Waals surface area contributed by atoms with Gasteiger partial charge in [-0.3, -0.25) is 4.79 Å². The second kappa shape index (κ2) is 9.32. The Hall–Kier alpha value is -0.610. The van der Waals surface area contributed by atoms with Gasteiger partial charge in [0.05, 0.1) is 6.61 Å². The molecule has 4 nitrogen and oxygen atoms in total. The lowest BCUT2D eigenvalue weighted by molar-refractivity contribution is -0.146. The molecule has 0 radical (unpaired) electrons. The zero-order chi connectivity index (χ0) is 14.1. The zero-order valence-electron chi connectivity index (χ0n) is 12.8. The number of ether oxygens (including phenoxy) is 1. The number of hydrogen-bond acceptors (Lipinski definition) is 4. The first kappa shape index (κ1) is 16.4. The summed E-state index contributed by atoms with van der Waals surface area (Å²) in [5.74, 6) is -0.105. The summed E-state index contributed by atoms with van der Waals surface area (Å²) in [6.07, 6.45) is 6.20. The zero-order valence-corrected chi connectivity index (χ0v) is 12.8. The van der Waals surface area contributed by atoms with Crippen LogP contribution in [0.3, 0.4) is 0 Å². The van der Waals surface area contributed by atoms with Crippen molar-refractivity contribution < 1.29 is 9.53 Å². The molecule has 1 fully saturated rings. The Balaban J connectivity index is 2.41. The quantitative estimate of drug-likeness (QED) is 0.652. The van der Waals surface area contributed by atoms with E-state index in [0.717, 1.165) is 32.1 Å². The summed E-state index contributed by atoms with van der Waals surface area (Å²) in [6.45, 7) is 9.42. The van der Waals surface area contributed by atoms with Crippen molar-refractivity contribution in [2.45, 2.75) is 65.0 Å². The summed E-state index contributed by atoms with van der Waals surface area (Å²) in [6, 6.07) is 0.579. The molecule has 19 heavy (non-hydrogen) atoms. The monoisotopic (exact) mass is 270 g/mol. The first-order valence-electron chi connectivity index (χ1n) is 7.86. The fourth-order valence-corrected chi connectivity index (χ4v) is 2.96. The molecule has 0 aromatic heterocycles. The molecule has 0 amide bonds. The third-order valence-electron chi connectivity index (χ3n) is 3.97. The van der Waals surface area contributed by atoms with Gasteiger partial charge in [0.25, 0.3) is 0 Å². The van der Waals surface area contributed by atoms with Gasteiger partial charge in [-0.25, -0.2) is 0 Å². The largest absolute Gasteiger partial charge is 0.465 e. The first-order valence-corrected chi connectivity index (χ1v) is 7.86. The van der Waals surface area contributed by atoms with Gasteiger partial charge in [0.15, 0.2) is 0 Å². The summed E-state index contributed by atoms with van der Waals surface area (Å²) in [7, 11) is 0. The van der Waals surface area contributed by atoms with E-state index >= 15 is 0 Å². The van der Waals surface area contributed by atoms with Gasteiger partial charge in [-0.15, -0.1) is 0 Å². The summed E-state index contributed by atoms with van der Waals surface area (Å²) in [5.41, 5.74) is 0. The molecule has 1 N–H and O–H groups in total. The van der Waals surface area contributed by atoms with E-state index in [1.807, 2.05) is 13.8 Å². The molecule has 0 aliphatic heterocycles. The van der Waals surface area contributed by atoms with E-state index in [4.69, 9.17) is 4.74 Å². The molecule has 0 aromatic carbocycles. The van der Waals surface area contributed by atoms with Crippen molar-refractivity contribution in [3.8, 4) is 0 Å². The maximum Gasteiger partial charge on any atom is 0.323 e. The van der Waals surface area contributed by atoms with Gasteiger partial charge in [-0.1, -0.05) is 26.7 Å². The molecule has 1 saturated carbocycles. The van der Waals surface area contributed by atoms with Crippen LogP contribution in [-0.2, 0) is 9.53 Å². The molecule has 4 heteroatoms. The number of carbonyl (C=O) groups is 1. The van der Waals surface area contributed by atoms with Crippen LogP contribution in [0.25, 0.3) is 0 Å². The molecule has 112 valence electrons. The second-order valence-electron chi connectivity index (χ2n) is 5.22. The van der Waals surface area contributed by atoms with E-state index in [2.05, 4.69) is 17.1 Å². The van der Waals surface area contributed by atoms with Gasteiger partial charge in [-0.2, -0.15) is 0 Å². The maximum atomic E-state index is 11.9. The van der Waals surface area contributed by atoms with Gasteiger partial charge in [0.1, 0.15) is 6.04 Å². The number of likely N-dealkylation sites (N-methyl/N-ethyl adjacent to an activating group) is 1. The van der Waals surface area contributed by atoms with Gasteiger partial charge < -0.3 is 15.0 Å². The smallest absolute Gasteiger partial charge is 0.323 e. The molecule has 1 rings (SSSR count). The lowest BCUT2D eigenvalue weighted by Crippen LogP contribution is -2.42. The van der Waals surface area contributed by atoms with Crippen molar-refractivity contribution in [3.63, 3.8) is 0 Å². The van der Waals surface area contributed by atoms with Crippen LogP contribution in [0, 0.1) is 0 Å². The molecule has 0 aromatic rings. The van der Waals surface area contributed by atoms with Crippen LogP contribution in [-0.4, -0.2) is 49.2 Å². The normalized spacial score (nSPS) is 17.9. The molecule has 0 spiro atoms. The Morgan fingerprint density at radius 1 is 1.32 bits per heavy atom. The van der Waals surface area contributed by atoms with Crippen LogP contribution in [0.4, 0.5) is 0 Å². The highest BCUT2D eigenvalue weighted by Crippen LogP contribution is 2.23. The van der Waals surface area contributed by atoms with E-state index in [1.165, 1.54) is 25.7 Å². The van der Waals surface area contributed by atoms with E-state index in [1.54, 1.807) is 0 Å². The van der Waals surface area contributed by atoms with Crippen molar-refractivity contribution in [2.75, 3.05) is 26.2 Å². The fraction of sp³-hybridized carbons (Fsp3) is 0.933. The van der Waals surface area contributed by atoms with Gasteiger partial charge in [0, 0.05) is 12.6 Å². The summed E-state index contributed by atoms with van der Waals surface area (Å²) in [5, 5.41) is 3.24. The van der Waals surface area contributed by atoms with Crippen LogP contribution >= 0.6 is 0 Å². The molecular weight excluding hydrogens is 240 g/mol. The Morgan fingerprint density at radius 2 is 2.00 bits per heavy atom. The van der Waals surface area contributed by atoms with E-state index in [9.17, 15) is 4.79 Å². The lowest BCUT2D eigenvalue weighted by Gasteiger charge is -2.29. The standard InChI is InChI=1S/C15H30N2O2/c1-4-16-14(15(18)19-6-3)11-12-17(5-2)13-9-7-8-10-13/h13-14,16H,4-12H2,1-3H3. The highest BCUT2D eigenvalue weighted by Gasteiger charge is 2.24. The summed E-state index contributed by atoms with van der Waals surface area (Å²) in [4.78, 5) is 14.4. The summed E-state index contributed by atoms with van der Waals surface area (Å²) < 4.78 is 5.13. The first-order chi connectivity index (χ1) is 9.22. The van der Waals surface area contributed by atoms with Crippen molar-refractivity contribution in [1.29, 1.82) is 0 Å². The van der Waals surface area contributed by atoms with Crippen molar-refractivity contribution in [1.82, 2.24) is 10.2 Å². The van der Waals surface area contributed by atoms with Crippen LogP contribution in [0.1, 0.15) is 52.9 Å². The molecule has 0 bridgehead atoms. The number of esters is 1. The van der Waals surface area contributed by atoms with Gasteiger partial charge >= 0.3 is 5.97 Å². The van der Waals surface area contributed by atoms with Crippen LogP contribution < -0.4 is 5.32 Å². The molecule has 1 aliphatic carbocycles. The minimum atomic E-state index is -0.152. The van der Waals surface area contributed by atoms with E-state index < -0.39 is 0 Å². The Kier molecular flexibility index (Phi) is 8.07. The minimum absolute atomic E-state index is 0.105. The molecule has 1 atom stereocenters. The predicted octanol–water partition coefficient (Wildman–Crippen LogP) is 2.18. The third-order valence-corrected chi connectivity index (χ3v) is 3.97. The highest BCUT2D eigenvalue weighted by molar-refractivity contribution is 5.75. The average Bonchev–Trinajstić information content (AvgIpc) is 2.92. The number of rotatable bonds is 9. The second-order valence-corrected chi connectivity index (χ2v) is 5.22. The Morgan fingerprint density at radius 3 is 2.53 bits per heavy atom. The minimum Gasteiger partial charge on any atom is -0.465 e. The van der Waals surface area contributed by atoms with Crippen molar-refractivity contribution in [2.24, 2.45) is 0 Å². The topological polar surface area (TPSA) is 41.6 Å². The summed E-state index contributed by atoms with van der Waals surface area (Å²) >= 11 is 0. The van der Waals surface area contributed by atoms with Crippen LogP contribution in [0.15, 0.2) is 0 Å². The molecule has 0 saturated heterocycles. The predicted molar refractivity (Wildman–Crippen MR) is 78.2 cm³/mol. The Labute approximate surface area is 117 Å². The molecular formula is C15H30N2O2. The number of nitrogens with one attached hydrogen (secondary N) is 1. The molecule has 1 aliphatic rings. The third kappa shape index (κ3) is 5.49. The Bertz CT molecular complexity index is 253. The van der Waals surface area contributed by atoms with Crippen molar-refractivity contribution in [3.05, 3.63) is 0 Å². The average molecular weight is 270 g/mol. The SMILES string of the molecule is CCNC(CCN(CC)C1CCCC1)C(=O)OCC. The van der Waals surface area contributed by atoms with Crippen LogP contribution in [0.5, 0.6) is 0 Å². The fourth-order valence-electron chi connectivity index (χ4n) is 2.96. The van der Waals surface area contributed by atoms with Crippen LogP contribution in [0.2, 0.25) is 0 Å². The van der Waals surface area contributed by atoms with Gasteiger partial charge in [-0.05, 0) is 39.3 Å². The van der Waals surface area contributed by atoms with Crippen molar-refractivity contribution >= 4 is 5.97 Å². The molecule has 0 heterocycles. The number of nitrogens with zero attached hydrogens (tertiary/aromatic N) is 1. The lowest BCUT2D eigenvalue weighted by atomic mass is 10.1. The maximum absolute atomic E-state index is 11.9. The number of hydrogen-bond donors (Lipinski definition) is 1. The van der Waals surface area contributed by atoms with E-state index in [0.29, 0.717) is 6.61 Å².